The van der Waals surface area contributed by atoms with Gasteiger partial charge in [0.2, 0.25) is 0 Å². The lowest BCUT2D eigenvalue weighted by atomic mass is 10.2. The first kappa shape index (κ1) is 19.4. The third kappa shape index (κ3) is 4.68. The molecule has 0 aliphatic carbocycles. The van der Waals surface area contributed by atoms with Gasteiger partial charge in [0, 0.05) is 18.7 Å². The zero-order chi connectivity index (χ0) is 19.9. The molecule has 28 heavy (non-hydrogen) atoms. The highest BCUT2D eigenvalue weighted by Crippen LogP contribution is 2.28. The van der Waals surface area contributed by atoms with Gasteiger partial charge in [-0.25, -0.2) is 9.48 Å². The number of aromatic nitrogens is 2. The Morgan fingerprint density at radius 1 is 1.18 bits per heavy atom. The van der Waals surface area contributed by atoms with E-state index in [1.807, 2.05) is 17.5 Å². The van der Waals surface area contributed by atoms with E-state index in [0.29, 0.717) is 17.2 Å². The molecule has 2 amide bonds. The van der Waals surface area contributed by atoms with Gasteiger partial charge in [0.25, 0.3) is 5.56 Å². The first-order chi connectivity index (χ1) is 13.6. The highest BCUT2D eigenvalue weighted by atomic mass is 32.1. The maximum absolute atomic E-state index is 12.2. The molecule has 0 bridgehead atoms. The van der Waals surface area contributed by atoms with Crippen molar-refractivity contribution < 1.29 is 14.3 Å². The molecule has 0 radical (unpaired) electrons. The van der Waals surface area contributed by atoms with E-state index in [4.69, 9.17) is 9.47 Å². The molecule has 0 atom stereocenters. The third-order valence-corrected chi connectivity index (χ3v) is 4.80. The molecular formula is C19H20N4O4S. The number of rotatable bonds is 7. The first-order valence-corrected chi connectivity index (χ1v) is 9.37. The van der Waals surface area contributed by atoms with Gasteiger partial charge in [-0.3, -0.25) is 4.79 Å². The molecular weight excluding hydrogens is 380 g/mol. The van der Waals surface area contributed by atoms with Gasteiger partial charge < -0.3 is 20.1 Å². The number of nitrogens with one attached hydrogen (secondary N) is 2. The molecule has 0 spiro atoms. The summed E-state index contributed by atoms with van der Waals surface area (Å²) in [7, 11) is 3.06. The van der Waals surface area contributed by atoms with Crippen LogP contribution in [0, 0.1) is 0 Å². The number of ether oxygens (including phenoxy) is 2. The minimum absolute atomic E-state index is 0.225. The fraction of sp³-hybridized carbons (Fsp3) is 0.211. The van der Waals surface area contributed by atoms with Crippen molar-refractivity contribution in [3.05, 3.63) is 58.2 Å². The van der Waals surface area contributed by atoms with Gasteiger partial charge in [0.1, 0.15) is 17.2 Å². The summed E-state index contributed by atoms with van der Waals surface area (Å²) < 4.78 is 11.7. The summed E-state index contributed by atoms with van der Waals surface area (Å²) in [5.41, 5.74) is 0.978. The van der Waals surface area contributed by atoms with E-state index >= 15 is 0 Å². The lowest BCUT2D eigenvalue weighted by Crippen LogP contribution is -2.34. The van der Waals surface area contributed by atoms with Crippen molar-refractivity contribution >= 4 is 23.1 Å². The molecule has 1 aromatic carbocycles. The Labute approximate surface area is 165 Å². The normalized spacial score (nSPS) is 10.4. The molecule has 0 aliphatic rings. The van der Waals surface area contributed by atoms with Crippen LogP contribution < -0.4 is 25.7 Å². The Balaban J connectivity index is 1.60. The number of benzene rings is 1. The van der Waals surface area contributed by atoms with E-state index in [9.17, 15) is 9.59 Å². The van der Waals surface area contributed by atoms with E-state index in [-0.39, 0.29) is 18.6 Å². The van der Waals surface area contributed by atoms with Gasteiger partial charge in [0.05, 0.1) is 31.3 Å². The molecule has 0 saturated heterocycles. The van der Waals surface area contributed by atoms with Crippen LogP contribution in [-0.4, -0.2) is 36.6 Å². The van der Waals surface area contributed by atoms with E-state index in [1.54, 1.807) is 42.7 Å². The predicted octanol–water partition coefficient (Wildman–Crippen LogP) is 2.81. The van der Waals surface area contributed by atoms with Crippen LogP contribution in [0.25, 0.3) is 10.6 Å². The van der Waals surface area contributed by atoms with Crippen molar-refractivity contribution in [3.8, 4) is 22.1 Å². The summed E-state index contributed by atoms with van der Waals surface area (Å²) in [5.74, 6) is 1.11. The molecule has 9 heteroatoms. The zero-order valence-corrected chi connectivity index (χ0v) is 16.3. The van der Waals surface area contributed by atoms with Gasteiger partial charge in [-0.15, -0.1) is 11.3 Å². The summed E-state index contributed by atoms with van der Waals surface area (Å²) >= 11 is 1.55. The molecule has 146 valence electrons. The number of hydrogen-bond acceptors (Lipinski definition) is 6. The quantitative estimate of drug-likeness (QED) is 0.636. The molecule has 2 aromatic heterocycles. The Morgan fingerprint density at radius 2 is 2.04 bits per heavy atom. The molecule has 2 heterocycles. The van der Waals surface area contributed by atoms with Crippen molar-refractivity contribution in [3.63, 3.8) is 0 Å². The average Bonchev–Trinajstić information content (AvgIpc) is 3.24. The molecule has 3 aromatic rings. The highest BCUT2D eigenvalue weighted by Gasteiger charge is 2.09. The molecule has 0 unspecified atom stereocenters. The van der Waals surface area contributed by atoms with E-state index in [2.05, 4.69) is 15.7 Å². The second-order valence-electron chi connectivity index (χ2n) is 5.70. The Kier molecular flexibility index (Phi) is 6.28. The summed E-state index contributed by atoms with van der Waals surface area (Å²) in [5, 5.41) is 11.7. The number of urea groups is 1. The summed E-state index contributed by atoms with van der Waals surface area (Å²) in [6, 6.07) is 11.7. The van der Waals surface area contributed by atoms with Gasteiger partial charge in [-0.05, 0) is 29.6 Å². The SMILES string of the molecule is COc1ccc(OC)c(NC(=O)NCCn2nc(-c3cccs3)ccc2=O)c1. The molecule has 8 nitrogen and oxygen atoms in total. The van der Waals surface area contributed by atoms with Gasteiger partial charge in [0.15, 0.2) is 0 Å². The zero-order valence-electron chi connectivity index (χ0n) is 15.5. The lowest BCUT2D eigenvalue weighted by Gasteiger charge is -2.13. The molecule has 2 N–H and O–H groups in total. The van der Waals surface area contributed by atoms with Crippen molar-refractivity contribution in [1.29, 1.82) is 0 Å². The van der Waals surface area contributed by atoms with Crippen LogP contribution in [-0.2, 0) is 6.54 Å². The fourth-order valence-corrected chi connectivity index (χ4v) is 3.21. The van der Waals surface area contributed by atoms with Crippen molar-refractivity contribution in [2.24, 2.45) is 0 Å². The van der Waals surface area contributed by atoms with Gasteiger partial charge >= 0.3 is 6.03 Å². The molecule has 0 saturated carbocycles. The van der Waals surface area contributed by atoms with Crippen LogP contribution in [0.3, 0.4) is 0 Å². The summed E-state index contributed by atoms with van der Waals surface area (Å²) in [4.78, 5) is 25.2. The Bertz CT molecular complexity index is 1000. The summed E-state index contributed by atoms with van der Waals surface area (Å²) in [6.07, 6.45) is 0. The first-order valence-electron chi connectivity index (χ1n) is 8.49. The topological polar surface area (TPSA) is 94.5 Å². The maximum Gasteiger partial charge on any atom is 0.319 e. The van der Waals surface area contributed by atoms with Crippen LogP contribution in [0.5, 0.6) is 11.5 Å². The average molecular weight is 400 g/mol. The second-order valence-corrected chi connectivity index (χ2v) is 6.65. The van der Waals surface area contributed by atoms with Gasteiger partial charge in [-0.1, -0.05) is 6.07 Å². The van der Waals surface area contributed by atoms with Crippen LogP contribution in [0.2, 0.25) is 0 Å². The molecule has 3 rings (SSSR count). The van der Waals surface area contributed by atoms with Crippen LogP contribution in [0.1, 0.15) is 0 Å². The van der Waals surface area contributed by atoms with E-state index in [0.717, 1.165) is 10.6 Å². The number of anilines is 1. The second kappa shape index (κ2) is 9.05. The molecule has 0 aliphatic heterocycles. The number of carbonyl (C=O) groups is 1. The molecule has 0 fully saturated rings. The smallest absolute Gasteiger partial charge is 0.319 e. The Hall–Kier alpha value is -3.33. The number of amides is 2. The maximum atomic E-state index is 12.2. The Morgan fingerprint density at radius 3 is 2.75 bits per heavy atom. The minimum atomic E-state index is -0.422. The standard InChI is InChI=1S/C19H20N4O4S/c1-26-13-5-7-16(27-2)15(12-13)21-19(25)20-9-10-23-18(24)8-6-14(22-23)17-4-3-11-28-17/h3-8,11-12H,9-10H2,1-2H3,(H2,20,21,25). The number of hydrogen-bond donors (Lipinski definition) is 2. The number of nitrogens with zero attached hydrogens (tertiary/aromatic N) is 2. The third-order valence-electron chi connectivity index (χ3n) is 3.90. The summed E-state index contributed by atoms with van der Waals surface area (Å²) in [6.45, 7) is 0.486. The van der Waals surface area contributed by atoms with Crippen LogP contribution in [0.4, 0.5) is 10.5 Å². The number of methoxy groups -OCH3 is 2. The van der Waals surface area contributed by atoms with Crippen LogP contribution in [0.15, 0.2) is 52.6 Å². The van der Waals surface area contributed by atoms with E-state index < -0.39 is 6.03 Å². The fourth-order valence-electron chi connectivity index (χ4n) is 2.52. The number of thiophene rings is 1. The largest absolute Gasteiger partial charge is 0.497 e. The monoisotopic (exact) mass is 400 g/mol. The number of carbonyl (C=O) groups excluding carboxylic acids is 1. The van der Waals surface area contributed by atoms with Crippen molar-refractivity contribution in [2.75, 3.05) is 26.1 Å². The van der Waals surface area contributed by atoms with Gasteiger partial charge in [-0.2, -0.15) is 5.10 Å². The minimum Gasteiger partial charge on any atom is -0.497 e. The van der Waals surface area contributed by atoms with Crippen LogP contribution >= 0.6 is 11.3 Å². The predicted molar refractivity (Wildman–Crippen MR) is 108 cm³/mol. The van der Waals surface area contributed by atoms with Crippen molar-refractivity contribution in [1.82, 2.24) is 15.1 Å². The van der Waals surface area contributed by atoms with E-state index in [1.165, 1.54) is 17.9 Å². The van der Waals surface area contributed by atoms with Crippen molar-refractivity contribution in [2.45, 2.75) is 6.54 Å². The highest BCUT2D eigenvalue weighted by molar-refractivity contribution is 7.13. The lowest BCUT2D eigenvalue weighted by molar-refractivity contribution is 0.251.